The van der Waals surface area contributed by atoms with Gasteiger partial charge in [-0.1, -0.05) is 37.1 Å². The van der Waals surface area contributed by atoms with Crippen LogP contribution in [0.1, 0.15) is 87.7 Å². The summed E-state index contributed by atoms with van der Waals surface area (Å²) in [5.74, 6) is 2.69. The monoisotopic (exact) mass is 410 g/mol. The standard InChI is InChI=1S/C25H34F4/c26-18-2-1-3-19-4-6-20(7-5-19)8-9-21-10-12-22(13-11-21)23-14-16-24(17-15-23)25(27,28)29/h1,3,14-17,19-22H,2,4-13,18H2/t19-,20-,21-,22-. The maximum Gasteiger partial charge on any atom is 0.416 e. The van der Waals surface area contributed by atoms with Crippen molar-refractivity contribution >= 4 is 0 Å². The summed E-state index contributed by atoms with van der Waals surface area (Å²) in [6.07, 6.45) is 12.8. The molecule has 0 N–H and O–H groups in total. The molecule has 0 unspecified atom stereocenters. The fraction of sp³-hybridized carbons (Fsp3) is 0.680. The predicted octanol–water partition coefficient (Wildman–Crippen LogP) is 8.48. The third kappa shape index (κ3) is 6.86. The lowest BCUT2D eigenvalue weighted by Crippen LogP contribution is -2.17. The number of halogens is 4. The van der Waals surface area contributed by atoms with Crippen LogP contribution in [0.15, 0.2) is 36.4 Å². The summed E-state index contributed by atoms with van der Waals surface area (Å²) >= 11 is 0. The number of alkyl halides is 4. The van der Waals surface area contributed by atoms with Crippen LogP contribution in [0.4, 0.5) is 17.6 Å². The maximum atomic E-state index is 12.7. The van der Waals surface area contributed by atoms with Crippen molar-refractivity contribution in [1.82, 2.24) is 0 Å². The molecule has 0 amide bonds. The lowest BCUT2D eigenvalue weighted by atomic mass is 9.74. The van der Waals surface area contributed by atoms with Crippen molar-refractivity contribution in [2.75, 3.05) is 6.67 Å². The Labute approximate surface area is 172 Å². The van der Waals surface area contributed by atoms with Crippen molar-refractivity contribution in [2.24, 2.45) is 17.8 Å². The molecule has 0 spiro atoms. The molecule has 3 rings (SSSR count). The average Bonchev–Trinajstić information content (AvgIpc) is 2.73. The van der Waals surface area contributed by atoms with E-state index in [2.05, 4.69) is 6.08 Å². The second kappa shape index (κ2) is 10.6. The quantitative estimate of drug-likeness (QED) is 0.312. The molecule has 2 fully saturated rings. The predicted molar refractivity (Wildman–Crippen MR) is 111 cm³/mol. The minimum atomic E-state index is -4.25. The lowest BCUT2D eigenvalue weighted by Gasteiger charge is -2.31. The van der Waals surface area contributed by atoms with Gasteiger partial charge in [-0.05, 0) is 99.2 Å². The number of hydrogen-bond acceptors (Lipinski definition) is 0. The van der Waals surface area contributed by atoms with E-state index < -0.39 is 11.7 Å². The molecule has 0 atom stereocenters. The van der Waals surface area contributed by atoms with E-state index in [9.17, 15) is 17.6 Å². The molecule has 1 aromatic rings. The zero-order valence-corrected chi connectivity index (χ0v) is 17.3. The van der Waals surface area contributed by atoms with E-state index in [1.807, 2.05) is 6.08 Å². The molecule has 2 aliphatic rings. The summed E-state index contributed by atoms with van der Waals surface area (Å²) in [4.78, 5) is 0. The third-order valence-electron chi connectivity index (χ3n) is 7.11. The van der Waals surface area contributed by atoms with Gasteiger partial charge in [-0.25, -0.2) is 0 Å². The summed E-state index contributed by atoms with van der Waals surface area (Å²) < 4.78 is 50.4. The van der Waals surface area contributed by atoms with Gasteiger partial charge in [0.1, 0.15) is 0 Å². The van der Waals surface area contributed by atoms with Gasteiger partial charge in [0.25, 0.3) is 0 Å². The smallest absolute Gasteiger partial charge is 0.251 e. The Morgan fingerprint density at radius 2 is 1.34 bits per heavy atom. The summed E-state index contributed by atoms with van der Waals surface area (Å²) in [6, 6.07) is 5.80. The van der Waals surface area contributed by atoms with E-state index in [0.717, 1.165) is 30.2 Å². The fourth-order valence-electron chi connectivity index (χ4n) is 5.22. The molecule has 1 aromatic carbocycles. The SMILES string of the molecule is FCCC=C[C@H]1CC[C@H](CC[C@H]2CC[C@H](c3ccc(C(F)(F)F)cc3)CC2)CC1. The average molecular weight is 411 g/mol. The summed E-state index contributed by atoms with van der Waals surface area (Å²) in [7, 11) is 0. The van der Waals surface area contributed by atoms with E-state index in [4.69, 9.17) is 0 Å². The van der Waals surface area contributed by atoms with Crippen LogP contribution in [-0.4, -0.2) is 6.67 Å². The molecule has 2 aliphatic carbocycles. The second-order valence-corrected chi connectivity index (χ2v) is 9.10. The first-order chi connectivity index (χ1) is 14.0. The molecule has 162 valence electrons. The van der Waals surface area contributed by atoms with Gasteiger partial charge in [0.15, 0.2) is 0 Å². The van der Waals surface area contributed by atoms with Crippen molar-refractivity contribution in [3.8, 4) is 0 Å². The summed E-state index contributed by atoms with van der Waals surface area (Å²) in [5, 5.41) is 0. The van der Waals surface area contributed by atoms with E-state index in [0.29, 0.717) is 18.3 Å². The Hall–Kier alpha value is -1.32. The van der Waals surface area contributed by atoms with Gasteiger partial charge in [0, 0.05) is 0 Å². The molecular weight excluding hydrogens is 376 g/mol. The van der Waals surface area contributed by atoms with Crippen molar-refractivity contribution in [1.29, 1.82) is 0 Å². The van der Waals surface area contributed by atoms with Crippen molar-refractivity contribution < 1.29 is 17.6 Å². The van der Waals surface area contributed by atoms with Crippen LogP contribution < -0.4 is 0 Å². The highest BCUT2D eigenvalue weighted by Gasteiger charge is 2.31. The van der Waals surface area contributed by atoms with E-state index in [1.165, 1.54) is 63.5 Å². The first kappa shape index (κ1) is 22.4. The van der Waals surface area contributed by atoms with Gasteiger partial charge in [-0.15, -0.1) is 0 Å². The maximum absolute atomic E-state index is 12.7. The summed E-state index contributed by atoms with van der Waals surface area (Å²) in [5.41, 5.74) is 0.512. The van der Waals surface area contributed by atoms with Gasteiger partial charge in [-0.3, -0.25) is 4.39 Å². The third-order valence-corrected chi connectivity index (χ3v) is 7.11. The van der Waals surface area contributed by atoms with Crippen LogP contribution in [0, 0.1) is 17.8 Å². The normalized spacial score (nSPS) is 28.7. The molecule has 0 heterocycles. The Morgan fingerprint density at radius 3 is 1.86 bits per heavy atom. The van der Waals surface area contributed by atoms with Crippen LogP contribution in [0.5, 0.6) is 0 Å². The molecule has 0 radical (unpaired) electrons. The van der Waals surface area contributed by atoms with Gasteiger partial charge < -0.3 is 0 Å². The highest BCUT2D eigenvalue weighted by molar-refractivity contribution is 5.27. The molecule has 0 nitrogen and oxygen atoms in total. The number of benzene rings is 1. The molecule has 0 bridgehead atoms. The molecule has 4 heteroatoms. The van der Waals surface area contributed by atoms with Gasteiger partial charge >= 0.3 is 6.18 Å². The zero-order chi connectivity index (χ0) is 20.7. The number of allylic oxidation sites excluding steroid dienone is 2. The highest BCUT2D eigenvalue weighted by atomic mass is 19.4. The van der Waals surface area contributed by atoms with Crippen LogP contribution in [0.3, 0.4) is 0 Å². The van der Waals surface area contributed by atoms with Crippen LogP contribution >= 0.6 is 0 Å². The fourth-order valence-corrected chi connectivity index (χ4v) is 5.22. The highest BCUT2D eigenvalue weighted by Crippen LogP contribution is 2.40. The zero-order valence-electron chi connectivity index (χ0n) is 17.3. The molecular formula is C25H34F4. The molecule has 0 aromatic heterocycles. The topological polar surface area (TPSA) is 0 Å². The Bertz CT molecular complexity index is 615. The van der Waals surface area contributed by atoms with Crippen LogP contribution in [0.25, 0.3) is 0 Å². The largest absolute Gasteiger partial charge is 0.416 e. The minimum absolute atomic E-state index is 0.257. The van der Waals surface area contributed by atoms with Crippen molar-refractivity contribution in [2.45, 2.75) is 82.7 Å². The van der Waals surface area contributed by atoms with E-state index in [1.54, 1.807) is 12.1 Å². The van der Waals surface area contributed by atoms with Gasteiger partial charge in [0.05, 0.1) is 12.2 Å². The van der Waals surface area contributed by atoms with Gasteiger partial charge in [0.2, 0.25) is 0 Å². The van der Waals surface area contributed by atoms with Crippen LogP contribution in [-0.2, 0) is 6.18 Å². The van der Waals surface area contributed by atoms with Crippen LogP contribution in [0.2, 0.25) is 0 Å². The number of rotatable bonds is 7. The number of hydrogen-bond donors (Lipinski definition) is 0. The molecule has 0 aliphatic heterocycles. The minimum Gasteiger partial charge on any atom is -0.251 e. The first-order valence-corrected chi connectivity index (χ1v) is 11.4. The molecule has 2 saturated carbocycles. The van der Waals surface area contributed by atoms with E-state index >= 15 is 0 Å². The first-order valence-electron chi connectivity index (χ1n) is 11.4. The van der Waals surface area contributed by atoms with Crippen molar-refractivity contribution in [3.05, 3.63) is 47.5 Å². The molecule has 29 heavy (non-hydrogen) atoms. The Kier molecular flexibility index (Phi) is 8.20. The van der Waals surface area contributed by atoms with E-state index in [-0.39, 0.29) is 6.67 Å². The van der Waals surface area contributed by atoms with Gasteiger partial charge in [-0.2, -0.15) is 13.2 Å². The Balaban J connectivity index is 1.35. The molecule has 0 saturated heterocycles. The second-order valence-electron chi connectivity index (χ2n) is 9.10. The van der Waals surface area contributed by atoms with Crippen molar-refractivity contribution in [3.63, 3.8) is 0 Å². The Morgan fingerprint density at radius 1 is 0.793 bits per heavy atom. The lowest BCUT2D eigenvalue weighted by molar-refractivity contribution is -0.137. The summed E-state index contributed by atoms with van der Waals surface area (Å²) in [6.45, 7) is -0.257.